The molecule has 24 heavy (non-hydrogen) atoms. The SMILES string of the molecule is O=C(/C=C\c1cccc(F)c1)NCCN1CCc2ccccc2C1. The normalized spacial score (nSPS) is 14.5. The first-order valence-corrected chi connectivity index (χ1v) is 8.21. The molecule has 0 aromatic heterocycles. The zero-order valence-electron chi connectivity index (χ0n) is 13.5. The summed E-state index contributed by atoms with van der Waals surface area (Å²) in [5, 5.41) is 2.88. The van der Waals surface area contributed by atoms with E-state index in [-0.39, 0.29) is 11.7 Å². The van der Waals surface area contributed by atoms with Crippen LogP contribution in [0.5, 0.6) is 0 Å². The Morgan fingerprint density at radius 2 is 2.00 bits per heavy atom. The van der Waals surface area contributed by atoms with Gasteiger partial charge in [-0.05, 0) is 41.3 Å². The lowest BCUT2D eigenvalue weighted by molar-refractivity contribution is -0.116. The van der Waals surface area contributed by atoms with Gasteiger partial charge in [0, 0.05) is 32.3 Å². The van der Waals surface area contributed by atoms with Crippen LogP contribution in [0.2, 0.25) is 0 Å². The van der Waals surface area contributed by atoms with E-state index in [0.29, 0.717) is 12.1 Å². The van der Waals surface area contributed by atoms with Crippen LogP contribution in [-0.2, 0) is 17.8 Å². The summed E-state index contributed by atoms with van der Waals surface area (Å²) in [4.78, 5) is 14.2. The number of fused-ring (bicyclic) bond motifs is 1. The summed E-state index contributed by atoms with van der Waals surface area (Å²) in [5.74, 6) is -0.459. The summed E-state index contributed by atoms with van der Waals surface area (Å²) in [6.45, 7) is 3.39. The van der Waals surface area contributed by atoms with Crippen molar-refractivity contribution in [2.24, 2.45) is 0 Å². The van der Waals surface area contributed by atoms with Crippen LogP contribution >= 0.6 is 0 Å². The topological polar surface area (TPSA) is 32.3 Å². The zero-order chi connectivity index (χ0) is 16.8. The maximum absolute atomic E-state index is 13.1. The van der Waals surface area contributed by atoms with Crippen molar-refractivity contribution < 1.29 is 9.18 Å². The number of hydrogen-bond acceptors (Lipinski definition) is 2. The number of nitrogens with one attached hydrogen (secondary N) is 1. The monoisotopic (exact) mass is 324 g/mol. The summed E-state index contributed by atoms with van der Waals surface area (Å²) in [7, 11) is 0. The molecule has 2 aromatic carbocycles. The van der Waals surface area contributed by atoms with Crippen molar-refractivity contribution >= 4 is 12.0 Å². The van der Waals surface area contributed by atoms with E-state index in [1.54, 1.807) is 18.2 Å². The number of hydrogen-bond donors (Lipinski definition) is 1. The first kappa shape index (κ1) is 16.4. The van der Waals surface area contributed by atoms with Crippen LogP contribution in [0, 0.1) is 5.82 Å². The maximum atomic E-state index is 13.1. The molecule has 0 bridgehead atoms. The molecule has 0 aliphatic carbocycles. The van der Waals surface area contributed by atoms with E-state index in [4.69, 9.17) is 0 Å². The molecule has 1 aliphatic heterocycles. The van der Waals surface area contributed by atoms with Gasteiger partial charge >= 0.3 is 0 Å². The van der Waals surface area contributed by atoms with Crippen molar-refractivity contribution in [2.75, 3.05) is 19.6 Å². The van der Waals surface area contributed by atoms with Crippen molar-refractivity contribution in [3.05, 3.63) is 77.1 Å². The molecule has 0 radical (unpaired) electrons. The van der Waals surface area contributed by atoms with Crippen molar-refractivity contribution in [3.8, 4) is 0 Å². The third kappa shape index (κ3) is 4.52. The predicted molar refractivity (Wildman–Crippen MR) is 93.9 cm³/mol. The molecular formula is C20H21FN2O. The molecule has 4 heteroatoms. The average molecular weight is 324 g/mol. The second-order valence-corrected chi connectivity index (χ2v) is 5.97. The summed E-state index contributed by atoms with van der Waals surface area (Å²) in [6, 6.07) is 14.7. The molecule has 124 valence electrons. The first-order chi connectivity index (χ1) is 11.7. The molecule has 1 heterocycles. The van der Waals surface area contributed by atoms with Gasteiger partial charge in [0.25, 0.3) is 0 Å². The third-order valence-electron chi connectivity index (χ3n) is 4.21. The van der Waals surface area contributed by atoms with Gasteiger partial charge in [-0.1, -0.05) is 36.4 Å². The zero-order valence-corrected chi connectivity index (χ0v) is 13.5. The smallest absolute Gasteiger partial charge is 0.244 e. The van der Waals surface area contributed by atoms with Gasteiger partial charge in [0.05, 0.1) is 0 Å². The van der Waals surface area contributed by atoms with Crippen LogP contribution in [-0.4, -0.2) is 30.4 Å². The van der Waals surface area contributed by atoms with Crippen molar-refractivity contribution in [1.82, 2.24) is 10.2 Å². The molecular weight excluding hydrogens is 303 g/mol. The molecule has 0 unspecified atom stereocenters. The van der Waals surface area contributed by atoms with Crippen LogP contribution in [0.4, 0.5) is 4.39 Å². The number of benzene rings is 2. The summed E-state index contributed by atoms with van der Waals surface area (Å²) >= 11 is 0. The molecule has 0 fully saturated rings. The van der Waals surface area contributed by atoms with E-state index in [2.05, 4.69) is 34.5 Å². The van der Waals surface area contributed by atoms with E-state index >= 15 is 0 Å². The molecule has 3 nitrogen and oxygen atoms in total. The minimum Gasteiger partial charge on any atom is -0.351 e. The first-order valence-electron chi connectivity index (χ1n) is 8.21. The number of carbonyl (C=O) groups excluding carboxylic acids is 1. The van der Waals surface area contributed by atoms with Crippen LogP contribution < -0.4 is 5.32 Å². The van der Waals surface area contributed by atoms with E-state index < -0.39 is 0 Å². The Labute approximate surface area is 141 Å². The van der Waals surface area contributed by atoms with Gasteiger partial charge in [-0.2, -0.15) is 0 Å². The van der Waals surface area contributed by atoms with Crippen LogP contribution in [0.1, 0.15) is 16.7 Å². The van der Waals surface area contributed by atoms with Crippen molar-refractivity contribution in [3.63, 3.8) is 0 Å². The minimum absolute atomic E-state index is 0.156. The van der Waals surface area contributed by atoms with E-state index in [1.807, 2.05) is 0 Å². The Hall–Kier alpha value is -2.46. The average Bonchev–Trinajstić information content (AvgIpc) is 2.60. The van der Waals surface area contributed by atoms with E-state index in [9.17, 15) is 9.18 Å². The fourth-order valence-corrected chi connectivity index (χ4v) is 2.92. The van der Waals surface area contributed by atoms with Crippen LogP contribution in [0.25, 0.3) is 6.08 Å². The van der Waals surface area contributed by atoms with Gasteiger partial charge < -0.3 is 5.32 Å². The standard InChI is InChI=1S/C20H21FN2O/c21-19-7-3-4-16(14-19)8-9-20(24)22-11-13-23-12-10-17-5-1-2-6-18(17)15-23/h1-9,14H,10-13,15H2,(H,22,24)/b9-8-. The molecule has 2 aromatic rings. The maximum Gasteiger partial charge on any atom is 0.244 e. The Bertz CT molecular complexity index is 742. The van der Waals surface area contributed by atoms with E-state index in [0.717, 1.165) is 26.1 Å². The Kier molecular flexibility index (Phi) is 5.39. The summed E-state index contributed by atoms with van der Waals surface area (Å²) in [5.41, 5.74) is 3.48. The molecule has 3 rings (SSSR count). The Morgan fingerprint density at radius 1 is 1.17 bits per heavy atom. The summed E-state index contributed by atoms with van der Waals surface area (Å²) in [6.07, 6.45) is 4.12. The van der Waals surface area contributed by atoms with Gasteiger partial charge in [0.2, 0.25) is 5.91 Å². The van der Waals surface area contributed by atoms with Crippen LogP contribution in [0.3, 0.4) is 0 Å². The quantitative estimate of drug-likeness (QED) is 0.858. The van der Waals surface area contributed by atoms with E-state index in [1.165, 1.54) is 29.3 Å². The van der Waals surface area contributed by atoms with Gasteiger partial charge in [0.15, 0.2) is 0 Å². The van der Waals surface area contributed by atoms with Crippen molar-refractivity contribution in [1.29, 1.82) is 0 Å². The predicted octanol–water partition coefficient (Wildman–Crippen LogP) is 3.01. The highest BCUT2D eigenvalue weighted by Gasteiger charge is 2.14. The van der Waals surface area contributed by atoms with Gasteiger partial charge in [0.1, 0.15) is 5.82 Å². The fraction of sp³-hybridized carbons (Fsp3) is 0.250. The second kappa shape index (κ2) is 7.88. The van der Waals surface area contributed by atoms with Crippen LogP contribution in [0.15, 0.2) is 54.6 Å². The fourth-order valence-electron chi connectivity index (χ4n) is 2.92. The molecule has 0 spiro atoms. The van der Waals surface area contributed by atoms with Gasteiger partial charge in [-0.25, -0.2) is 4.39 Å². The highest BCUT2D eigenvalue weighted by Crippen LogP contribution is 2.17. The minimum atomic E-state index is -0.303. The van der Waals surface area contributed by atoms with Gasteiger partial charge in [-0.3, -0.25) is 9.69 Å². The number of rotatable bonds is 5. The van der Waals surface area contributed by atoms with Crippen molar-refractivity contribution in [2.45, 2.75) is 13.0 Å². The molecule has 1 aliphatic rings. The Morgan fingerprint density at radius 3 is 2.83 bits per heavy atom. The molecule has 0 saturated carbocycles. The number of carbonyl (C=O) groups is 1. The Balaban J connectivity index is 1.43. The third-order valence-corrected chi connectivity index (χ3v) is 4.21. The highest BCUT2D eigenvalue weighted by molar-refractivity contribution is 5.91. The summed E-state index contributed by atoms with van der Waals surface area (Å²) < 4.78 is 13.1. The number of halogens is 1. The molecule has 0 atom stereocenters. The lowest BCUT2D eigenvalue weighted by Gasteiger charge is -2.28. The van der Waals surface area contributed by atoms with Gasteiger partial charge in [-0.15, -0.1) is 0 Å². The highest BCUT2D eigenvalue weighted by atomic mass is 19.1. The molecule has 0 saturated heterocycles. The number of amides is 1. The molecule has 1 N–H and O–H groups in total. The lowest BCUT2D eigenvalue weighted by atomic mass is 10.00. The largest absolute Gasteiger partial charge is 0.351 e. The number of nitrogens with zero attached hydrogens (tertiary/aromatic N) is 1. The lowest BCUT2D eigenvalue weighted by Crippen LogP contribution is -2.37. The second-order valence-electron chi connectivity index (χ2n) is 5.97. The molecule has 1 amide bonds.